The highest BCUT2D eigenvalue weighted by Crippen LogP contribution is 2.05. The van der Waals surface area contributed by atoms with E-state index in [-0.39, 0.29) is 12.6 Å². The van der Waals surface area contributed by atoms with Crippen LogP contribution < -0.4 is 10.6 Å². The number of urea groups is 1. The van der Waals surface area contributed by atoms with Crippen molar-refractivity contribution in [2.24, 2.45) is 0 Å². The van der Waals surface area contributed by atoms with E-state index >= 15 is 0 Å². The summed E-state index contributed by atoms with van der Waals surface area (Å²) in [4.78, 5) is 15.4. The number of nitrogens with one attached hydrogen (secondary N) is 2. The third kappa shape index (κ3) is 6.98. The molecule has 1 heterocycles. The van der Waals surface area contributed by atoms with Gasteiger partial charge in [-0.15, -0.1) is 0 Å². The van der Waals surface area contributed by atoms with E-state index in [1.807, 2.05) is 13.0 Å². The van der Waals surface area contributed by atoms with Gasteiger partial charge in [0.05, 0.1) is 6.10 Å². The summed E-state index contributed by atoms with van der Waals surface area (Å²) in [5.41, 5.74) is 1.01. The Morgan fingerprint density at radius 1 is 1.47 bits per heavy atom. The molecule has 1 aromatic rings. The predicted molar refractivity (Wildman–Crippen MR) is 75.3 cm³/mol. The molecule has 0 spiro atoms. The van der Waals surface area contributed by atoms with Crippen LogP contribution in [0.25, 0.3) is 0 Å². The average molecular weight is 286 g/mol. The zero-order valence-electron chi connectivity index (χ0n) is 11.0. The second-order valence-corrected chi connectivity index (χ2v) is 4.71. The number of hydrogen-bond donors (Lipinski definition) is 3. The van der Waals surface area contributed by atoms with Crippen molar-refractivity contribution < 1.29 is 9.90 Å². The standard InChI is InChI=1S/C13H20ClN3O2/c1-2-3-11(18)9-17-13(19)15-7-6-10-4-5-12(14)16-8-10/h4-5,8,11,18H,2-3,6-7,9H2,1H3,(H2,15,17,19). The van der Waals surface area contributed by atoms with Gasteiger partial charge in [0.2, 0.25) is 0 Å². The smallest absolute Gasteiger partial charge is 0.314 e. The molecule has 5 nitrogen and oxygen atoms in total. The van der Waals surface area contributed by atoms with E-state index in [4.69, 9.17) is 11.6 Å². The zero-order valence-corrected chi connectivity index (χ0v) is 11.8. The fraction of sp³-hybridized carbons (Fsp3) is 0.538. The van der Waals surface area contributed by atoms with Crippen molar-refractivity contribution in [3.8, 4) is 0 Å². The third-order valence-corrected chi connectivity index (χ3v) is 2.83. The van der Waals surface area contributed by atoms with Gasteiger partial charge in [0.1, 0.15) is 5.15 Å². The maximum atomic E-state index is 11.4. The lowest BCUT2D eigenvalue weighted by molar-refractivity contribution is 0.160. The van der Waals surface area contributed by atoms with Crippen molar-refractivity contribution in [1.29, 1.82) is 0 Å². The first-order valence-corrected chi connectivity index (χ1v) is 6.79. The summed E-state index contributed by atoms with van der Waals surface area (Å²) < 4.78 is 0. The van der Waals surface area contributed by atoms with Crippen molar-refractivity contribution in [2.45, 2.75) is 32.3 Å². The molecule has 3 N–H and O–H groups in total. The average Bonchev–Trinajstić information content (AvgIpc) is 2.39. The van der Waals surface area contributed by atoms with Crippen LogP contribution in [0.3, 0.4) is 0 Å². The Morgan fingerprint density at radius 2 is 2.26 bits per heavy atom. The molecule has 0 saturated carbocycles. The van der Waals surface area contributed by atoms with E-state index in [1.54, 1.807) is 12.3 Å². The molecule has 2 amide bonds. The quantitative estimate of drug-likeness (QED) is 0.668. The number of nitrogens with zero attached hydrogens (tertiary/aromatic N) is 1. The Kier molecular flexibility index (Phi) is 7.22. The molecule has 0 fully saturated rings. The monoisotopic (exact) mass is 285 g/mol. The molecular formula is C13H20ClN3O2. The Morgan fingerprint density at radius 3 is 2.89 bits per heavy atom. The molecule has 1 rings (SSSR count). The number of aliphatic hydroxyl groups is 1. The Balaban J connectivity index is 2.15. The van der Waals surface area contributed by atoms with Crippen molar-refractivity contribution in [3.05, 3.63) is 29.0 Å². The lowest BCUT2D eigenvalue weighted by Crippen LogP contribution is -2.40. The topological polar surface area (TPSA) is 74.2 Å². The van der Waals surface area contributed by atoms with Crippen LogP contribution in [0.1, 0.15) is 25.3 Å². The van der Waals surface area contributed by atoms with Crippen LogP contribution in [0.4, 0.5) is 4.79 Å². The Hall–Kier alpha value is -1.33. The summed E-state index contributed by atoms with van der Waals surface area (Å²) in [6, 6.07) is 3.33. The molecule has 19 heavy (non-hydrogen) atoms. The van der Waals surface area contributed by atoms with E-state index in [0.717, 1.165) is 12.0 Å². The number of aromatic nitrogens is 1. The van der Waals surface area contributed by atoms with Gasteiger partial charge in [-0.05, 0) is 24.5 Å². The van der Waals surface area contributed by atoms with Crippen LogP contribution in [-0.2, 0) is 6.42 Å². The van der Waals surface area contributed by atoms with Crippen LogP contribution in [0.5, 0.6) is 0 Å². The molecule has 6 heteroatoms. The highest BCUT2D eigenvalue weighted by Gasteiger charge is 2.05. The summed E-state index contributed by atoms with van der Waals surface area (Å²) in [5.74, 6) is 0. The highest BCUT2D eigenvalue weighted by atomic mass is 35.5. The van der Waals surface area contributed by atoms with Gasteiger partial charge in [0.15, 0.2) is 0 Å². The lowest BCUT2D eigenvalue weighted by Gasteiger charge is -2.11. The normalized spacial score (nSPS) is 11.9. The van der Waals surface area contributed by atoms with Crippen molar-refractivity contribution in [3.63, 3.8) is 0 Å². The second kappa shape index (κ2) is 8.72. The zero-order chi connectivity index (χ0) is 14.1. The highest BCUT2D eigenvalue weighted by molar-refractivity contribution is 6.29. The summed E-state index contributed by atoms with van der Waals surface area (Å²) >= 11 is 5.68. The van der Waals surface area contributed by atoms with Gasteiger partial charge in [-0.3, -0.25) is 0 Å². The van der Waals surface area contributed by atoms with Crippen LogP contribution in [0.15, 0.2) is 18.3 Å². The van der Waals surface area contributed by atoms with Gasteiger partial charge < -0.3 is 15.7 Å². The maximum Gasteiger partial charge on any atom is 0.314 e. The van der Waals surface area contributed by atoms with Crippen LogP contribution >= 0.6 is 11.6 Å². The first kappa shape index (κ1) is 15.7. The number of amides is 2. The number of carbonyl (C=O) groups is 1. The van der Waals surface area contributed by atoms with E-state index in [2.05, 4.69) is 15.6 Å². The van der Waals surface area contributed by atoms with E-state index in [0.29, 0.717) is 24.5 Å². The fourth-order valence-electron chi connectivity index (χ4n) is 1.58. The lowest BCUT2D eigenvalue weighted by atomic mass is 10.2. The molecule has 0 aliphatic carbocycles. The molecule has 1 aromatic heterocycles. The van der Waals surface area contributed by atoms with Crippen LogP contribution in [0, 0.1) is 0 Å². The van der Waals surface area contributed by atoms with Gasteiger partial charge in [0.25, 0.3) is 0 Å². The minimum Gasteiger partial charge on any atom is -0.391 e. The molecule has 0 saturated heterocycles. The second-order valence-electron chi connectivity index (χ2n) is 4.32. The molecule has 0 aromatic carbocycles. The van der Waals surface area contributed by atoms with Crippen LogP contribution in [0.2, 0.25) is 5.15 Å². The number of pyridine rings is 1. The first-order chi connectivity index (χ1) is 9.11. The minimum atomic E-state index is -0.476. The molecular weight excluding hydrogens is 266 g/mol. The minimum absolute atomic E-state index is 0.267. The summed E-state index contributed by atoms with van der Waals surface area (Å²) in [7, 11) is 0. The SMILES string of the molecule is CCCC(O)CNC(=O)NCCc1ccc(Cl)nc1. The number of carbonyl (C=O) groups excluding carboxylic acids is 1. The molecule has 0 radical (unpaired) electrons. The summed E-state index contributed by atoms with van der Waals surface area (Å²) in [6.45, 7) is 2.78. The number of rotatable bonds is 7. The maximum absolute atomic E-state index is 11.4. The first-order valence-electron chi connectivity index (χ1n) is 6.42. The fourth-order valence-corrected chi connectivity index (χ4v) is 1.69. The molecule has 1 unspecified atom stereocenters. The number of hydrogen-bond acceptors (Lipinski definition) is 3. The van der Waals surface area contributed by atoms with Gasteiger partial charge in [-0.2, -0.15) is 0 Å². The Labute approximate surface area is 118 Å². The van der Waals surface area contributed by atoms with Gasteiger partial charge in [-0.25, -0.2) is 9.78 Å². The van der Waals surface area contributed by atoms with E-state index in [1.165, 1.54) is 0 Å². The van der Waals surface area contributed by atoms with Crippen molar-refractivity contribution in [2.75, 3.05) is 13.1 Å². The van der Waals surface area contributed by atoms with E-state index in [9.17, 15) is 9.90 Å². The number of halogens is 1. The largest absolute Gasteiger partial charge is 0.391 e. The molecule has 0 aliphatic rings. The summed E-state index contributed by atoms with van der Waals surface area (Å²) in [6.07, 6.45) is 3.49. The van der Waals surface area contributed by atoms with Crippen molar-refractivity contribution >= 4 is 17.6 Å². The molecule has 0 aliphatic heterocycles. The van der Waals surface area contributed by atoms with Crippen molar-refractivity contribution in [1.82, 2.24) is 15.6 Å². The molecule has 0 bridgehead atoms. The number of aliphatic hydroxyl groups excluding tert-OH is 1. The molecule has 106 valence electrons. The summed E-state index contributed by atoms with van der Waals surface area (Å²) in [5, 5.41) is 15.3. The third-order valence-electron chi connectivity index (χ3n) is 2.61. The molecule has 1 atom stereocenters. The van der Waals surface area contributed by atoms with Gasteiger partial charge in [-0.1, -0.05) is 31.0 Å². The van der Waals surface area contributed by atoms with Gasteiger partial charge >= 0.3 is 6.03 Å². The Bertz CT molecular complexity index is 384. The predicted octanol–water partition coefficient (Wildman–Crippen LogP) is 1.74. The van der Waals surface area contributed by atoms with Crippen LogP contribution in [-0.4, -0.2) is 35.3 Å². The van der Waals surface area contributed by atoms with E-state index < -0.39 is 6.10 Å². The van der Waals surface area contributed by atoms with Gasteiger partial charge in [0, 0.05) is 19.3 Å².